The van der Waals surface area contributed by atoms with Crippen LogP contribution in [-0.2, 0) is 0 Å². The van der Waals surface area contributed by atoms with Gasteiger partial charge >= 0.3 is 6.18 Å². The zero-order valence-corrected chi connectivity index (χ0v) is 19.5. The maximum atomic E-state index is 14.0. The van der Waals surface area contributed by atoms with E-state index in [0.717, 1.165) is 17.0 Å². The van der Waals surface area contributed by atoms with E-state index in [-0.39, 0.29) is 31.8 Å². The number of nitrogens with zero attached hydrogens (tertiary/aromatic N) is 1. The molecule has 1 aliphatic rings. The zero-order valence-electron chi connectivity index (χ0n) is 17.2. The number of carbonyl (C=O) groups is 2. The topological polar surface area (TPSA) is 37.4 Å². The summed E-state index contributed by atoms with van der Waals surface area (Å²) in [5.74, 6) is -3.30. The van der Waals surface area contributed by atoms with Crippen LogP contribution >= 0.6 is 34.8 Å². The molecular weight excluding hydrogens is 510 g/mol. The van der Waals surface area contributed by atoms with Crippen LogP contribution in [0.2, 0.25) is 15.1 Å². The third-order valence-corrected chi connectivity index (χ3v) is 6.55. The molecule has 3 aromatic rings. The maximum absolute atomic E-state index is 14.0. The molecule has 34 heavy (non-hydrogen) atoms. The van der Waals surface area contributed by atoms with Gasteiger partial charge in [-0.1, -0.05) is 83.4 Å². The van der Waals surface area contributed by atoms with E-state index >= 15 is 0 Å². The van der Waals surface area contributed by atoms with Crippen molar-refractivity contribution in [1.82, 2.24) is 4.90 Å². The number of imide groups is 1. The molecular formula is C25H15Cl3F3NO2. The predicted octanol–water partition coefficient (Wildman–Crippen LogP) is 7.89. The van der Waals surface area contributed by atoms with Crippen molar-refractivity contribution < 1.29 is 22.8 Å². The molecule has 2 amide bonds. The Bertz CT molecular complexity index is 1270. The van der Waals surface area contributed by atoms with Gasteiger partial charge in [-0.25, -0.2) is 0 Å². The highest BCUT2D eigenvalue weighted by Crippen LogP contribution is 2.41. The average Bonchev–Trinajstić information content (AvgIpc) is 3.04. The molecule has 0 radical (unpaired) electrons. The van der Waals surface area contributed by atoms with Crippen molar-refractivity contribution in [2.45, 2.75) is 18.1 Å². The summed E-state index contributed by atoms with van der Waals surface area (Å²) in [6, 6.07) is 15.0. The summed E-state index contributed by atoms with van der Waals surface area (Å²) < 4.78 is 42.0. The molecule has 0 saturated heterocycles. The highest BCUT2D eigenvalue weighted by Gasteiger charge is 2.42. The maximum Gasteiger partial charge on any atom is 0.399 e. The van der Waals surface area contributed by atoms with Crippen molar-refractivity contribution >= 4 is 46.6 Å². The Balaban J connectivity index is 1.81. The SMILES string of the molecule is O=C1c2ccccc2C(=O)N1C(/C=C/C(c1ccc(Cl)c(Cl)c1)C(F)(F)F)c1ccccc1Cl. The van der Waals surface area contributed by atoms with Crippen molar-refractivity contribution in [3.8, 4) is 0 Å². The van der Waals surface area contributed by atoms with Gasteiger partial charge in [0, 0.05) is 5.02 Å². The van der Waals surface area contributed by atoms with Gasteiger partial charge in [0.1, 0.15) is 0 Å². The molecule has 0 aliphatic carbocycles. The molecule has 2 unspecified atom stereocenters. The lowest BCUT2D eigenvalue weighted by atomic mass is 9.95. The van der Waals surface area contributed by atoms with Crippen LogP contribution in [0.5, 0.6) is 0 Å². The van der Waals surface area contributed by atoms with Crippen LogP contribution in [0.15, 0.2) is 78.9 Å². The van der Waals surface area contributed by atoms with E-state index in [1.165, 1.54) is 36.4 Å². The summed E-state index contributed by atoms with van der Waals surface area (Å²) in [6.07, 6.45) is -2.61. The van der Waals surface area contributed by atoms with E-state index in [1.807, 2.05) is 0 Å². The molecule has 0 spiro atoms. The van der Waals surface area contributed by atoms with Crippen LogP contribution in [0.3, 0.4) is 0 Å². The molecule has 0 aromatic heterocycles. The van der Waals surface area contributed by atoms with Gasteiger partial charge in [-0.15, -0.1) is 0 Å². The Morgan fingerprint density at radius 1 is 0.735 bits per heavy atom. The lowest BCUT2D eigenvalue weighted by Gasteiger charge is -2.26. The van der Waals surface area contributed by atoms with Crippen LogP contribution < -0.4 is 0 Å². The minimum absolute atomic E-state index is 0.0233. The van der Waals surface area contributed by atoms with Gasteiger partial charge in [0.05, 0.1) is 33.1 Å². The molecule has 2 atom stereocenters. The van der Waals surface area contributed by atoms with Crippen molar-refractivity contribution in [3.63, 3.8) is 0 Å². The third-order valence-electron chi connectivity index (χ3n) is 5.47. The number of alkyl halides is 3. The molecule has 3 aromatic carbocycles. The number of allylic oxidation sites excluding steroid dienone is 1. The van der Waals surface area contributed by atoms with E-state index in [4.69, 9.17) is 34.8 Å². The second kappa shape index (κ2) is 9.45. The zero-order chi connectivity index (χ0) is 24.6. The van der Waals surface area contributed by atoms with Gasteiger partial charge < -0.3 is 0 Å². The van der Waals surface area contributed by atoms with E-state index < -0.39 is 30.0 Å². The Morgan fingerprint density at radius 3 is 1.88 bits per heavy atom. The first-order valence-electron chi connectivity index (χ1n) is 10.0. The largest absolute Gasteiger partial charge is 0.399 e. The smallest absolute Gasteiger partial charge is 0.269 e. The summed E-state index contributed by atoms with van der Waals surface area (Å²) >= 11 is 18.1. The molecule has 1 aliphatic heterocycles. The van der Waals surface area contributed by atoms with Crippen molar-refractivity contribution in [2.24, 2.45) is 0 Å². The number of halogens is 6. The van der Waals surface area contributed by atoms with Gasteiger partial charge in [-0.3, -0.25) is 14.5 Å². The van der Waals surface area contributed by atoms with E-state index in [1.54, 1.807) is 30.3 Å². The molecule has 0 bridgehead atoms. The first-order valence-corrected chi connectivity index (χ1v) is 11.1. The fraction of sp³-hybridized carbons (Fsp3) is 0.120. The van der Waals surface area contributed by atoms with E-state index in [2.05, 4.69) is 0 Å². The molecule has 4 rings (SSSR count). The number of carbonyl (C=O) groups excluding carboxylic acids is 2. The second-order valence-electron chi connectivity index (χ2n) is 7.57. The summed E-state index contributed by atoms with van der Waals surface area (Å²) in [6.45, 7) is 0. The Morgan fingerprint density at radius 2 is 1.32 bits per heavy atom. The highest BCUT2D eigenvalue weighted by molar-refractivity contribution is 6.42. The van der Waals surface area contributed by atoms with Gasteiger partial charge in [0.2, 0.25) is 0 Å². The Kier molecular flexibility index (Phi) is 6.76. The monoisotopic (exact) mass is 523 g/mol. The fourth-order valence-electron chi connectivity index (χ4n) is 3.84. The van der Waals surface area contributed by atoms with Crippen LogP contribution in [-0.4, -0.2) is 22.9 Å². The number of hydrogen-bond donors (Lipinski definition) is 0. The first kappa shape index (κ1) is 24.3. The van der Waals surface area contributed by atoms with Crippen LogP contribution in [0, 0.1) is 0 Å². The van der Waals surface area contributed by atoms with Gasteiger partial charge in [-0.05, 0) is 41.5 Å². The highest BCUT2D eigenvalue weighted by atomic mass is 35.5. The molecule has 0 fully saturated rings. The number of fused-ring (bicyclic) bond motifs is 1. The van der Waals surface area contributed by atoms with Crippen molar-refractivity contribution in [3.05, 3.63) is 116 Å². The van der Waals surface area contributed by atoms with Crippen LogP contribution in [0.25, 0.3) is 0 Å². The van der Waals surface area contributed by atoms with Crippen molar-refractivity contribution in [1.29, 1.82) is 0 Å². The average molecular weight is 525 g/mol. The fourth-order valence-corrected chi connectivity index (χ4v) is 4.39. The number of rotatable bonds is 5. The van der Waals surface area contributed by atoms with Gasteiger partial charge in [0.15, 0.2) is 0 Å². The molecule has 9 heteroatoms. The molecule has 0 saturated carbocycles. The predicted molar refractivity (Wildman–Crippen MR) is 126 cm³/mol. The normalized spacial score (nSPS) is 15.6. The molecule has 3 nitrogen and oxygen atoms in total. The summed E-state index contributed by atoms with van der Waals surface area (Å²) in [4.78, 5) is 27.1. The number of hydrogen-bond acceptors (Lipinski definition) is 2. The van der Waals surface area contributed by atoms with Gasteiger partial charge in [-0.2, -0.15) is 13.2 Å². The van der Waals surface area contributed by atoms with Gasteiger partial charge in [0.25, 0.3) is 11.8 Å². The minimum atomic E-state index is -4.68. The molecule has 0 N–H and O–H groups in total. The second-order valence-corrected chi connectivity index (χ2v) is 8.79. The number of amides is 2. The first-order chi connectivity index (χ1) is 16.1. The summed E-state index contributed by atoms with van der Waals surface area (Å²) in [7, 11) is 0. The quantitative estimate of drug-likeness (QED) is 0.251. The van der Waals surface area contributed by atoms with Crippen LogP contribution in [0.1, 0.15) is 43.8 Å². The standard InChI is InChI=1S/C25H15Cl3F3NO2/c26-19-8-4-3-7-17(19)22(32-23(33)15-5-1-2-6-16(15)24(32)34)12-10-18(25(29,30)31)14-9-11-20(27)21(28)13-14/h1-13,18,22H/b12-10+. The molecule has 174 valence electrons. The van der Waals surface area contributed by atoms with Crippen LogP contribution in [0.4, 0.5) is 13.2 Å². The lowest BCUT2D eigenvalue weighted by molar-refractivity contribution is -0.139. The van der Waals surface area contributed by atoms with E-state index in [9.17, 15) is 22.8 Å². The van der Waals surface area contributed by atoms with Crippen molar-refractivity contribution in [2.75, 3.05) is 0 Å². The molecule has 1 heterocycles. The number of benzene rings is 3. The van der Waals surface area contributed by atoms with E-state index in [0.29, 0.717) is 5.56 Å². The summed E-state index contributed by atoms with van der Waals surface area (Å²) in [5.41, 5.74) is 0.521. The summed E-state index contributed by atoms with van der Waals surface area (Å²) in [5, 5.41) is 0.298. The lowest BCUT2D eigenvalue weighted by Crippen LogP contribution is -2.33. The Labute approximate surface area is 208 Å². The minimum Gasteiger partial charge on any atom is -0.269 e. The Hall–Kier alpha value is -2.80. The third kappa shape index (κ3) is 4.58.